The van der Waals surface area contributed by atoms with E-state index < -0.39 is 0 Å². The Morgan fingerprint density at radius 3 is 2.57 bits per heavy atom. The van der Waals surface area contributed by atoms with Gasteiger partial charge in [-0.3, -0.25) is 4.98 Å². The summed E-state index contributed by atoms with van der Waals surface area (Å²) in [5.74, 6) is 0. The molecule has 0 atom stereocenters. The number of hydrogen-bond acceptors (Lipinski definition) is 1. The van der Waals surface area contributed by atoms with Crippen molar-refractivity contribution in [3.05, 3.63) is 41.6 Å². The molecule has 0 fully saturated rings. The predicted molar refractivity (Wildman–Crippen MR) is 60.5 cm³/mol. The molecule has 1 heteroatoms. The lowest BCUT2D eigenvalue weighted by molar-refractivity contribution is 1.06. The summed E-state index contributed by atoms with van der Waals surface area (Å²) in [5, 5.41) is 1.25. The number of fused-ring (bicyclic) bond motifs is 1. The van der Waals surface area contributed by atoms with Crippen molar-refractivity contribution in [3.63, 3.8) is 0 Å². The number of hydrogen-bond donors (Lipinski definition) is 0. The molecule has 0 unspecified atom stereocenters. The van der Waals surface area contributed by atoms with Crippen LogP contribution in [0.25, 0.3) is 10.9 Å². The predicted octanol–water partition coefficient (Wildman–Crippen LogP) is 3.36. The molecule has 0 radical (unpaired) electrons. The molecule has 14 heavy (non-hydrogen) atoms. The molecular formula is C13H15N. The highest BCUT2D eigenvalue weighted by molar-refractivity contribution is 5.79. The van der Waals surface area contributed by atoms with Crippen molar-refractivity contribution in [2.24, 2.45) is 0 Å². The van der Waals surface area contributed by atoms with Gasteiger partial charge in [0, 0.05) is 11.1 Å². The number of nitrogens with zero attached hydrogens (tertiary/aromatic N) is 1. The maximum Gasteiger partial charge on any atom is 0.0705 e. The van der Waals surface area contributed by atoms with E-state index in [-0.39, 0.29) is 0 Å². The third-order valence-electron chi connectivity index (χ3n) is 2.58. The molecule has 0 bridgehead atoms. The van der Waals surface area contributed by atoms with E-state index in [0.717, 1.165) is 18.4 Å². The molecule has 1 heterocycles. The minimum absolute atomic E-state index is 1.01. The second-order valence-corrected chi connectivity index (χ2v) is 3.54. The van der Waals surface area contributed by atoms with Crippen molar-refractivity contribution >= 4 is 10.9 Å². The minimum atomic E-state index is 1.01. The number of pyridine rings is 1. The molecule has 72 valence electrons. The van der Waals surface area contributed by atoms with Crippen molar-refractivity contribution < 1.29 is 0 Å². The highest BCUT2D eigenvalue weighted by atomic mass is 14.7. The maximum absolute atomic E-state index is 4.57. The molecule has 0 saturated carbocycles. The Morgan fingerprint density at radius 1 is 1.00 bits per heavy atom. The van der Waals surface area contributed by atoms with Crippen molar-refractivity contribution in [1.82, 2.24) is 4.98 Å². The molecule has 0 N–H and O–H groups in total. The first kappa shape index (κ1) is 9.20. The quantitative estimate of drug-likeness (QED) is 0.699. The normalized spacial score (nSPS) is 10.7. The average Bonchev–Trinajstić information content (AvgIpc) is 2.27. The monoisotopic (exact) mass is 185 g/mol. The van der Waals surface area contributed by atoms with Crippen molar-refractivity contribution in [3.8, 4) is 0 Å². The van der Waals surface area contributed by atoms with E-state index in [1.54, 1.807) is 0 Å². The van der Waals surface area contributed by atoms with Gasteiger partial charge in [0.1, 0.15) is 0 Å². The fraction of sp³-hybridized carbons (Fsp3) is 0.308. The van der Waals surface area contributed by atoms with Crippen LogP contribution >= 0.6 is 0 Å². The van der Waals surface area contributed by atoms with Gasteiger partial charge in [-0.25, -0.2) is 0 Å². The second-order valence-electron chi connectivity index (χ2n) is 3.54. The van der Waals surface area contributed by atoms with Gasteiger partial charge in [-0.2, -0.15) is 0 Å². The molecular weight excluding hydrogens is 170 g/mol. The molecule has 0 amide bonds. The van der Waals surface area contributed by atoms with Crippen LogP contribution in [0.1, 0.15) is 25.1 Å². The van der Waals surface area contributed by atoms with Crippen molar-refractivity contribution in [2.45, 2.75) is 26.7 Å². The lowest BCUT2D eigenvalue weighted by atomic mass is 10.1. The molecule has 0 aliphatic heterocycles. The summed E-state index contributed by atoms with van der Waals surface area (Å²) in [6.07, 6.45) is 2.09. The highest BCUT2D eigenvalue weighted by Crippen LogP contribution is 2.15. The van der Waals surface area contributed by atoms with Crippen LogP contribution in [-0.4, -0.2) is 4.98 Å². The van der Waals surface area contributed by atoms with Gasteiger partial charge < -0.3 is 0 Å². The number of benzene rings is 1. The first-order valence-electron chi connectivity index (χ1n) is 5.22. The van der Waals surface area contributed by atoms with Crippen LogP contribution in [0, 0.1) is 0 Å². The number of rotatable bonds is 2. The van der Waals surface area contributed by atoms with Gasteiger partial charge >= 0.3 is 0 Å². The van der Waals surface area contributed by atoms with Gasteiger partial charge in [0.15, 0.2) is 0 Å². The lowest BCUT2D eigenvalue weighted by Crippen LogP contribution is -1.88. The van der Waals surface area contributed by atoms with Crippen LogP contribution in [0.3, 0.4) is 0 Å². The van der Waals surface area contributed by atoms with Crippen molar-refractivity contribution in [1.29, 1.82) is 0 Å². The largest absolute Gasteiger partial charge is 0.253 e. The molecule has 1 aromatic carbocycles. The Balaban J connectivity index is 2.57. The first-order chi connectivity index (χ1) is 6.83. The highest BCUT2D eigenvalue weighted by Gasteiger charge is 1.97. The summed E-state index contributed by atoms with van der Waals surface area (Å²) >= 11 is 0. The number of aryl methyl sites for hydroxylation is 2. The van der Waals surface area contributed by atoms with Gasteiger partial charge in [0.2, 0.25) is 0 Å². The van der Waals surface area contributed by atoms with E-state index in [4.69, 9.17) is 0 Å². The Kier molecular flexibility index (Phi) is 2.49. The molecule has 1 nitrogen and oxygen atoms in total. The Labute approximate surface area is 84.8 Å². The van der Waals surface area contributed by atoms with Crippen LogP contribution in [-0.2, 0) is 12.8 Å². The van der Waals surface area contributed by atoms with Crippen LogP contribution in [0.2, 0.25) is 0 Å². The van der Waals surface area contributed by atoms with Crippen molar-refractivity contribution in [2.75, 3.05) is 0 Å². The van der Waals surface area contributed by atoms with Crippen LogP contribution < -0.4 is 0 Å². The van der Waals surface area contributed by atoms with Gasteiger partial charge in [-0.1, -0.05) is 26.0 Å². The Morgan fingerprint density at radius 2 is 1.86 bits per heavy atom. The summed E-state index contributed by atoms with van der Waals surface area (Å²) in [7, 11) is 0. The van der Waals surface area contributed by atoms with E-state index in [1.165, 1.54) is 16.6 Å². The molecule has 0 spiro atoms. The van der Waals surface area contributed by atoms with Crippen LogP contribution in [0.4, 0.5) is 0 Å². The molecule has 0 aliphatic carbocycles. The van der Waals surface area contributed by atoms with Crippen LogP contribution in [0.5, 0.6) is 0 Å². The smallest absolute Gasteiger partial charge is 0.0705 e. The van der Waals surface area contributed by atoms with E-state index in [2.05, 4.69) is 49.2 Å². The van der Waals surface area contributed by atoms with Crippen LogP contribution in [0.15, 0.2) is 30.3 Å². The zero-order valence-electron chi connectivity index (χ0n) is 8.75. The summed E-state index contributed by atoms with van der Waals surface area (Å²) in [5.41, 5.74) is 3.66. The molecule has 0 saturated heterocycles. The van der Waals surface area contributed by atoms with E-state index >= 15 is 0 Å². The Hall–Kier alpha value is -1.37. The second kappa shape index (κ2) is 3.79. The van der Waals surface area contributed by atoms with E-state index in [1.807, 2.05) is 0 Å². The number of aromatic nitrogens is 1. The third kappa shape index (κ3) is 1.63. The van der Waals surface area contributed by atoms with Gasteiger partial charge in [-0.05, 0) is 36.6 Å². The molecule has 2 aromatic rings. The van der Waals surface area contributed by atoms with Gasteiger partial charge in [0.05, 0.1) is 5.52 Å². The summed E-state index contributed by atoms with van der Waals surface area (Å²) in [6, 6.07) is 10.8. The maximum atomic E-state index is 4.57. The molecule has 1 aromatic heterocycles. The first-order valence-corrected chi connectivity index (χ1v) is 5.22. The molecule has 0 aliphatic rings. The van der Waals surface area contributed by atoms with E-state index in [9.17, 15) is 0 Å². The third-order valence-corrected chi connectivity index (χ3v) is 2.58. The Bertz CT molecular complexity index is 403. The standard InChI is InChI=1S/C13H15N/c1-3-10-5-8-13-11(9-10)6-7-12(4-2)14-13/h5-9H,3-4H2,1-2H3. The fourth-order valence-corrected chi connectivity index (χ4v) is 1.63. The topological polar surface area (TPSA) is 12.9 Å². The zero-order valence-corrected chi connectivity index (χ0v) is 8.75. The minimum Gasteiger partial charge on any atom is -0.253 e. The average molecular weight is 185 g/mol. The summed E-state index contributed by atoms with van der Waals surface area (Å²) in [4.78, 5) is 4.57. The fourth-order valence-electron chi connectivity index (χ4n) is 1.63. The van der Waals surface area contributed by atoms with Gasteiger partial charge in [-0.15, -0.1) is 0 Å². The summed E-state index contributed by atoms with van der Waals surface area (Å²) < 4.78 is 0. The summed E-state index contributed by atoms with van der Waals surface area (Å²) in [6.45, 7) is 4.31. The zero-order chi connectivity index (χ0) is 9.97. The molecule has 2 rings (SSSR count). The lowest BCUT2D eigenvalue weighted by Gasteiger charge is -2.02. The van der Waals surface area contributed by atoms with E-state index in [0.29, 0.717) is 0 Å². The van der Waals surface area contributed by atoms with Gasteiger partial charge in [0.25, 0.3) is 0 Å². The SMILES string of the molecule is CCc1ccc2nc(CC)ccc2c1.